The van der Waals surface area contributed by atoms with Gasteiger partial charge in [-0.25, -0.2) is 0 Å². The molecule has 2 nitrogen and oxygen atoms in total. The van der Waals surface area contributed by atoms with E-state index < -0.39 is 0 Å². The van der Waals surface area contributed by atoms with Crippen LogP contribution in [0.3, 0.4) is 0 Å². The number of hydrazine groups is 1. The quantitative estimate of drug-likeness (QED) is 0.623. The Morgan fingerprint density at radius 1 is 1.44 bits per heavy atom. The molecule has 0 aliphatic carbocycles. The summed E-state index contributed by atoms with van der Waals surface area (Å²) in [6.07, 6.45) is 2.37. The molecule has 2 rings (SSSR count). The van der Waals surface area contributed by atoms with Gasteiger partial charge in [-0.2, -0.15) is 11.8 Å². The summed E-state index contributed by atoms with van der Waals surface area (Å²) in [6.45, 7) is 2.18. The van der Waals surface area contributed by atoms with Gasteiger partial charge in [-0.05, 0) is 41.4 Å². The normalized spacial score (nSPS) is 22.2. The molecule has 0 bridgehead atoms. The molecule has 3 heteroatoms. The standard InChI is InChI=1S/C13H20N2S/c1-2-10-3-5-11(6-4-10)13(15-14)12-7-8-16-9-12/h3-6,12-13,15H,2,7-9,14H2,1H3. The zero-order chi connectivity index (χ0) is 11.4. The van der Waals surface area contributed by atoms with Gasteiger partial charge in [0.15, 0.2) is 0 Å². The Kier molecular flexibility index (Phi) is 4.27. The van der Waals surface area contributed by atoms with E-state index in [4.69, 9.17) is 5.84 Å². The van der Waals surface area contributed by atoms with Crippen molar-refractivity contribution in [2.24, 2.45) is 11.8 Å². The number of nitrogens with two attached hydrogens (primary N) is 1. The third-order valence-corrected chi connectivity index (χ3v) is 4.55. The van der Waals surface area contributed by atoms with E-state index in [1.165, 1.54) is 29.1 Å². The van der Waals surface area contributed by atoms with Gasteiger partial charge in [0.1, 0.15) is 0 Å². The molecule has 2 atom stereocenters. The van der Waals surface area contributed by atoms with E-state index in [0.717, 1.165) is 6.42 Å². The van der Waals surface area contributed by atoms with Crippen molar-refractivity contribution in [3.63, 3.8) is 0 Å². The lowest BCUT2D eigenvalue weighted by Crippen LogP contribution is -2.33. The molecule has 2 unspecified atom stereocenters. The van der Waals surface area contributed by atoms with Crippen LogP contribution in [-0.4, -0.2) is 11.5 Å². The lowest BCUT2D eigenvalue weighted by molar-refractivity contribution is 0.400. The van der Waals surface area contributed by atoms with E-state index in [2.05, 4.69) is 36.6 Å². The molecule has 1 aliphatic heterocycles. The van der Waals surface area contributed by atoms with Crippen LogP contribution in [0.25, 0.3) is 0 Å². The smallest absolute Gasteiger partial charge is 0.0496 e. The Morgan fingerprint density at radius 2 is 2.19 bits per heavy atom. The van der Waals surface area contributed by atoms with E-state index in [9.17, 15) is 0 Å². The average molecular weight is 236 g/mol. The van der Waals surface area contributed by atoms with Crippen LogP contribution in [0.4, 0.5) is 0 Å². The molecule has 0 amide bonds. The fourth-order valence-corrected chi connectivity index (χ4v) is 3.58. The first-order valence-corrected chi connectivity index (χ1v) is 7.13. The molecule has 0 saturated carbocycles. The molecular weight excluding hydrogens is 216 g/mol. The summed E-state index contributed by atoms with van der Waals surface area (Å²) in [5, 5.41) is 0. The number of nitrogens with one attached hydrogen (secondary N) is 1. The van der Waals surface area contributed by atoms with Crippen molar-refractivity contribution in [1.29, 1.82) is 0 Å². The second kappa shape index (κ2) is 5.71. The van der Waals surface area contributed by atoms with Crippen molar-refractivity contribution < 1.29 is 0 Å². The van der Waals surface area contributed by atoms with Crippen molar-refractivity contribution in [2.75, 3.05) is 11.5 Å². The Morgan fingerprint density at radius 3 is 2.69 bits per heavy atom. The molecule has 0 radical (unpaired) electrons. The summed E-state index contributed by atoms with van der Waals surface area (Å²) in [6, 6.07) is 9.17. The first-order chi connectivity index (χ1) is 7.85. The zero-order valence-corrected chi connectivity index (χ0v) is 10.6. The fraction of sp³-hybridized carbons (Fsp3) is 0.538. The minimum absolute atomic E-state index is 0.320. The second-order valence-corrected chi connectivity index (χ2v) is 5.51. The largest absolute Gasteiger partial charge is 0.271 e. The predicted molar refractivity (Wildman–Crippen MR) is 71.3 cm³/mol. The van der Waals surface area contributed by atoms with Crippen molar-refractivity contribution >= 4 is 11.8 Å². The van der Waals surface area contributed by atoms with Crippen LogP contribution in [0.5, 0.6) is 0 Å². The zero-order valence-electron chi connectivity index (χ0n) is 9.78. The van der Waals surface area contributed by atoms with Crippen molar-refractivity contribution in [2.45, 2.75) is 25.8 Å². The van der Waals surface area contributed by atoms with Gasteiger partial charge in [0.2, 0.25) is 0 Å². The number of benzene rings is 1. The minimum Gasteiger partial charge on any atom is -0.271 e. The van der Waals surface area contributed by atoms with Crippen LogP contribution < -0.4 is 11.3 Å². The summed E-state index contributed by atoms with van der Waals surface area (Å²) < 4.78 is 0. The molecule has 0 spiro atoms. The van der Waals surface area contributed by atoms with E-state index in [0.29, 0.717) is 12.0 Å². The highest BCUT2D eigenvalue weighted by molar-refractivity contribution is 7.99. The van der Waals surface area contributed by atoms with Crippen LogP contribution in [0, 0.1) is 5.92 Å². The molecule has 16 heavy (non-hydrogen) atoms. The molecule has 88 valence electrons. The number of aryl methyl sites for hydroxylation is 1. The van der Waals surface area contributed by atoms with Gasteiger partial charge < -0.3 is 0 Å². The highest BCUT2D eigenvalue weighted by Gasteiger charge is 2.25. The van der Waals surface area contributed by atoms with E-state index in [1.54, 1.807) is 0 Å². The number of hydrogen-bond acceptors (Lipinski definition) is 3. The van der Waals surface area contributed by atoms with Gasteiger partial charge in [-0.3, -0.25) is 11.3 Å². The van der Waals surface area contributed by atoms with Crippen molar-refractivity contribution in [3.05, 3.63) is 35.4 Å². The van der Waals surface area contributed by atoms with Crippen LogP contribution in [0.15, 0.2) is 24.3 Å². The molecule has 0 aromatic heterocycles. The summed E-state index contributed by atoms with van der Waals surface area (Å²) in [4.78, 5) is 0. The van der Waals surface area contributed by atoms with Gasteiger partial charge in [0.25, 0.3) is 0 Å². The molecular formula is C13H20N2S. The summed E-state index contributed by atoms with van der Waals surface area (Å²) in [5.41, 5.74) is 5.70. The van der Waals surface area contributed by atoms with E-state index >= 15 is 0 Å². The van der Waals surface area contributed by atoms with Gasteiger partial charge in [-0.1, -0.05) is 31.2 Å². The molecule has 1 fully saturated rings. The Hall–Kier alpha value is -0.510. The van der Waals surface area contributed by atoms with Crippen molar-refractivity contribution in [3.8, 4) is 0 Å². The first-order valence-electron chi connectivity index (χ1n) is 5.98. The molecule has 1 aromatic carbocycles. The third-order valence-electron chi connectivity index (χ3n) is 3.36. The van der Waals surface area contributed by atoms with Crippen LogP contribution >= 0.6 is 11.8 Å². The minimum atomic E-state index is 0.320. The third kappa shape index (κ3) is 2.59. The molecule has 3 N–H and O–H groups in total. The Bertz CT molecular complexity index is 317. The Labute approximate surface area is 102 Å². The topological polar surface area (TPSA) is 38.0 Å². The second-order valence-electron chi connectivity index (χ2n) is 4.36. The number of thioether (sulfide) groups is 1. The molecule has 1 saturated heterocycles. The molecule has 1 aromatic rings. The lowest BCUT2D eigenvalue weighted by atomic mass is 9.92. The summed E-state index contributed by atoms with van der Waals surface area (Å²) in [5.74, 6) is 8.88. The highest BCUT2D eigenvalue weighted by atomic mass is 32.2. The van der Waals surface area contributed by atoms with E-state index in [1.807, 2.05) is 11.8 Å². The lowest BCUT2D eigenvalue weighted by Gasteiger charge is -2.22. The van der Waals surface area contributed by atoms with Crippen LogP contribution in [0.1, 0.15) is 30.5 Å². The van der Waals surface area contributed by atoms with Gasteiger partial charge >= 0.3 is 0 Å². The van der Waals surface area contributed by atoms with E-state index in [-0.39, 0.29) is 0 Å². The predicted octanol–water partition coefficient (Wildman–Crippen LogP) is 2.51. The van der Waals surface area contributed by atoms with Gasteiger partial charge in [-0.15, -0.1) is 0 Å². The number of hydrogen-bond donors (Lipinski definition) is 2. The maximum Gasteiger partial charge on any atom is 0.0496 e. The maximum absolute atomic E-state index is 5.70. The summed E-state index contributed by atoms with van der Waals surface area (Å²) >= 11 is 2.03. The first kappa shape index (κ1) is 12.0. The Balaban J connectivity index is 2.12. The van der Waals surface area contributed by atoms with Gasteiger partial charge in [0, 0.05) is 6.04 Å². The fourth-order valence-electron chi connectivity index (χ4n) is 2.28. The van der Waals surface area contributed by atoms with Crippen LogP contribution in [0.2, 0.25) is 0 Å². The summed E-state index contributed by atoms with van der Waals surface area (Å²) in [7, 11) is 0. The SMILES string of the molecule is CCc1ccc(C(NN)C2CCSC2)cc1. The van der Waals surface area contributed by atoms with Gasteiger partial charge in [0.05, 0.1) is 0 Å². The van der Waals surface area contributed by atoms with Crippen molar-refractivity contribution in [1.82, 2.24) is 5.43 Å². The molecule has 1 aliphatic rings. The number of rotatable bonds is 4. The molecule has 1 heterocycles. The maximum atomic E-state index is 5.70. The van der Waals surface area contributed by atoms with Crippen LogP contribution in [-0.2, 0) is 6.42 Å². The monoisotopic (exact) mass is 236 g/mol. The average Bonchev–Trinajstić information content (AvgIpc) is 2.85. The highest BCUT2D eigenvalue weighted by Crippen LogP contribution is 2.33.